The summed E-state index contributed by atoms with van der Waals surface area (Å²) in [5.41, 5.74) is 0. The lowest BCUT2D eigenvalue weighted by atomic mass is 9.77. The quantitative estimate of drug-likeness (QED) is 0.483. The van der Waals surface area contributed by atoms with E-state index in [0.29, 0.717) is 0 Å². The topological polar surface area (TPSA) is 0 Å². The number of rotatable bonds is 0. The minimum Gasteiger partial charge on any atom is -0.0630 e. The first kappa shape index (κ1) is 10.0. The smallest absolute Gasteiger partial charge is 0.0417 e. The first-order valence-corrected chi connectivity index (χ1v) is 4.54. The molecular weight excluding hydrogens is 120 g/mol. The summed E-state index contributed by atoms with van der Waals surface area (Å²) in [6.07, 6.45) is 2.95. The third-order valence-electron chi connectivity index (χ3n) is 2.05. The zero-order chi connectivity index (χ0) is 8.15. The first-order valence-electron chi connectivity index (χ1n) is 4.54. The monoisotopic (exact) mass is 142 g/mol. The van der Waals surface area contributed by atoms with Gasteiger partial charge in [-0.25, -0.2) is 0 Å². The van der Waals surface area contributed by atoms with Crippen molar-refractivity contribution in [3.63, 3.8) is 0 Å². The summed E-state index contributed by atoms with van der Waals surface area (Å²) in [5.74, 6) is 2.90. The van der Waals surface area contributed by atoms with Gasteiger partial charge in [-0.05, 0) is 17.8 Å². The van der Waals surface area contributed by atoms with Crippen LogP contribution in [-0.2, 0) is 0 Å². The van der Waals surface area contributed by atoms with E-state index in [-0.39, 0.29) is 0 Å². The number of hydrogen-bond acceptors (Lipinski definition) is 0. The molecule has 0 N–H and O–H groups in total. The minimum absolute atomic E-state index is 0.833. The van der Waals surface area contributed by atoms with Gasteiger partial charge in [0.15, 0.2) is 0 Å². The molecule has 2 atom stereocenters. The van der Waals surface area contributed by atoms with Crippen molar-refractivity contribution in [2.45, 2.75) is 47.5 Å². The molecule has 0 bridgehead atoms. The molecule has 0 heterocycles. The van der Waals surface area contributed by atoms with Crippen LogP contribution in [0.1, 0.15) is 47.5 Å². The van der Waals surface area contributed by atoms with Crippen LogP contribution < -0.4 is 0 Å². The lowest BCUT2D eigenvalue weighted by Crippen LogP contribution is -2.18. The standard InChI is InChI=1S/C6H12.C4H10/c1-5-3-4-6(5)2;1-4(2)3/h5-6H,3-4H2,1-2H3;4H,1-3H3. The van der Waals surface area contributed by atoms with E-state index in [1.807, 2.05) is 0 Å². The second-order valence-electron chi connectivity index (χ2n) is 4.26. The van der Waals surface area contributed by atoms with Gasteiger partial charge in [0.25, 0.3) is 0 Å². The Morgan fingerprint density at radius 3 is 1.10 bits per heavy atom. The van der Waals surface area contributed by atoms with E-state index in [9.17, 15) is 0 Å². The maximum Gasteiger partial charge on any atom is -0.0417 e. The molecule has 1 aliphatic carbocycles. The molecule has 2 unspecified atom stereocenters. The highest BCUT2D eigenvalue weighted by Crippen LogP contribution is 2.32. The Morgan fingerprint density at radius 1 is 0.900 bits per heavy atom. The van der Waals surface area contributed by atoms with Crippen LogP contribution in [0.25, 0.3) is 0 Å². The third-order valence-corrected chi connectivity index (χ3v) is 2.05. The van der Waals surface area contributed by atoms with E-state index < -0.39 is 0 Å². The molecule has 0 aromatic heterocycles. The van der Waals surface area contributed by atoms with Crippen LogP contribution in [0.4, 0.5) is 0 Å². The molecule has 1 saturated carbocycles. The summed E-state index contributed by atoms with van der Waals surface area (Å²) >= 11 is 0. The molecule has 0 saturated heterocycles. The van der Waals surface area contributed by atoms with Gasteiger partial charge in [0.05, 0.1) is 0 Å². The highest BCUT2D eigenvalue weighted by Gasteiger charge is 2.20. The third kappa shape index (κ3) is 4.84. The predicted molar refractivity (Wildman–Crippen MR) is 48.1 cm³/mol. The summed E-state index contributed by atoms with van der Waals surface area (Å²) in [5, 5.41) is 0. The van der Waals surface area contributed by atoms with Crippen molar-refractivity contribution in [3.8, 4) is 0 Å². The number of hydrogen-bond donors (Lipinski definition) is 0. The Kier molecular flexibility index (Phi) is 4.76. The largest absolute Gasteiger partial charge is 0.0630 e. The van der Waals surface area contributed by atoms with Gasteiger partial charge in [0.2, 0.25) is 0 Å². The summed E-state index contributed by atoms with van der Waals surface area (Å²) < 4.78 is 0. The molecule has 0 radical (unpaired) electrons. The van der Waals surface area contributed by atoms with E-state index >= 15 is 0 Å². The fourth-order valence-corrected chi connectivity index (χ4v) is 0.833. The predicted octanol–water partition coefficient (Wildman–Crippen LogP) is 3.71. The van der Waals surface area contributed by atoms with Gasteiger partial charge >= 0.3 is 0 Å². The van der Waals surface area contributed by atoms with Gasteiger partial charge in [0.1, 0.15) is 0 Å². The Labute approximate surface area is 66.0 Å². The van der Waals surface area contributed by atoms with Crippen molar-refractivity contribution >= 4 is 0 Å². The molecule has 0 nitrogen and oxygen atoms in total. The van der Waals surface area contributed by atoms with Crippen molar-refractivity contribution in [1.82, 2.24) is 0 Å². The zero-order valence-corrected chi connectivity index (χ0v) is 8.15. The van der Waals surface area contributed by atoms with Gasteiger partial charge in [-0.1, -0.05) is 47.5 Å². The lowest BCUT2D eigenvalue weighted by Gasteiger charge is -2.29. The Morgan fingerprint density at radius 2 is 1.10 bits per heavy atom. The Balaban J connectivity index is 0.000000180. The van der Waals surface area contributed by atoms with Crippen molar-refractivity contribution < 1.29 is 0 Å². The van der Waals surface area contributed by atoms with Gasteiger partial charge in [0, 0.05) is 0 Å². The summed E-state index contributed by atoms with van der Waals surface area (Å²) in [6, 6.07) is 0. The highest BCUT2D eigenvalue weighted by molar-refractivity contribution is 4.71. The molecule has 0 spiro atoms. The van der Waals surface area contributed by atoms with Crippen molar-refractivity contribution in [1.29, 1.82) is 0 Å². The van der Waals surface area contributed by atoms with Gasteiger partial charge in [-0.15, -0.1) is 0 Å². The van der Waals surface area contributed by atoms with Crippen LogP contribution in [0.2, 0.25) is 0 Å². The maximum absolute atomic E-state index is 2.33. The van der Waals surface area contributed by atoms with Crippen LogP contribution in [0.15, 0.2) is 0 Å². The van der Waals surface area contributed by atoms with Crippen molar-refractivity contribution in [3.05, 3.63) is 0 Å². The molecule has 0 heteroatoms. The highest BCUT2D eigenvalue weighted by atomic mass is 14.3. The molecule has 1 fully saturated rings. The van der Waals surface area contributed by atoms with E-state index in [0.717, 1.165) is 17.8 Å². The summed E-state index contributed by atoms with van der Waals surface area (Å²) in [6.45, 7) is 11.2. The normalized spacial score (nSPS) is 30.6. The average molecular weight is 142 g/mol. The van der Waals surface area contributed by atoms with Crippen LogP contribution in [0, 0.1) is 17.8 Å². The van der Waals surface area contributed by atoms with Crippen LogP contribution in [0.5, 0.6) is 0 Å². The Hall–Kier alpha value is 0. The summed E-state index contributed by atoms with van der Waals surface area (Å²) in [7, 11) is 0. The molecule has 0 aromatic rings. The fraction of sp³-hybridized carbons (Fsp3) is 1.00. The van der Waals surface area contributed by atoms with Crippen LogP contribution >= 0.6 is 0 Å². The fourth-order valence-electron chi connectivity index (χ4n) is 0.833. The maximum atomic E-state index is 2.33. The second kappa shape index (κ2) is 4.76. The molecular formula is C10H22. The SMILES string of the molecule is CC(C)C.CC1CCC1C. The van der Waals surface area contributed by atoms with Crippen LogP contribution in [-0.4, -0.2) is 0 Å². The van der Waals surface area contributed by atoms with Gasteiger partial charge < -0.3 is 0 Å². The van der Waals surface area contributed by atoms with Gasteiger partial charge in [-0.3, -0.25) is 0 Å². The molecule has 10 heavy (non-hydrogen) atoms. The molecule has 1 aliphatic rings. The van der Waals surface area contributed by atoms with E-state index in [4.69, 9.17) is 0 Å². The van der Waals surface area contributed by atoms with E-state index in [2.05, 4.69) is 34.6 Å². The second-order valence-corrected chi connectivity index (χ2v) is 4.26. The first-order chi connectivity index (χ1) is 4.54. The minimum atomic E-state index is 0.833. The van der Waals surface area contributed by atoms with Crippen molar-refractivity contribution in [2.75, 3.05) is 0 Å². The molecule has 62 valence electrons. The van der Waals surface area contributed by atoms with E-state index in [1.54, 1.807) is 0 Å². The van der Waals surface area contributed by atoms with Crippen molar-refractivity contribution in [2.24, 2.45) is 17.8 Å². The van der Waals surface area contributed by atoms with Gasteiger partial charge in [-0.2, -0.15) is 0 Å². The summed E-state index contributed by atoms with van der Waals surface area (Å²) in [4.78, 5) is 0. The molecule has 0 amide bonds. The Bertz CT molecular complexity index is 63.4. The van der Waals surface area contributed by atoms with E-state index in [1.165, 1.54) is 12.8 Å². The zero-order valence-electron chi connectivity index (χ0n) is 8.15. The average Bonchev–Trinajstić information content (AvgIpc) is 1.83. The lowest BCUT2D eigenvalue weighted by molar-refractivity contribution is 0.219. The molecule has 1 rings (SSSR count). The van der Waals surface area contributed by atoms with Crippen LogP contribution in [0.3, 0.4) is 0 Å². The molecule has 0 aromatic carbocycles. The molecule has 0 aliphatic heterocycles.